The lowest BCUT2D eigenvalue weighted by Crippen LogP contribution is -2.46. The highest BCUT2D eigenvalue weighted by Crippen LogP contribution is 2.09. The summed E-state index contributed by atoms with van der Waals surface area (Å²) in [5.74, 6) is -1.76. The molecule has 0 unspecified atom stereocenters. The molecule has 22 heavy (non-hydrogen) atoms. The smallest absolute Gasteiger partial charge is 0.326 e. The van der Waals surface area contributed by atoms with E-state index in [1.807, 2.05) is 19.9 Å². The summed E-state index contributed by atoms with van der Waals surface area (Å²) in [5.41, 5.74) is 1.05. The number of nitrogens with zero attached hydrogens (tertiary/aromatic N) is 1. The van der Waals surface area contributed by atoms with Crippen LogP contribution in [0.15, 0.2) is 24.3 Å². The standard InChI is InChI=1S/C16H20N2O4/c1-10(2)6-14(19)15(20)18-13(16(21)22)8-11-4-3-5-12(7-11)9-17/h3-5,7,10,13-14,19H,6,8H2,1-2H3,(H,18,20)(H,21,22)/t13-,14-/m1/s1. The van der Waals surface area contributed by atoms with E-state index in [1.54, 1.807) is 24.3 Å². The van der Waals surface area contributed by atoms with E-state index < -0.39 is 24.0 Å². The summed E-state index contributed by atoms with van der Waals surface area (Å²) < 4.78 is 0. The van der Waals surface area contributed by atoms with Gasteiger partial charge in [-0.15, -0.1) is 0 Å². The van der Waals surface area contributed by atoms with E-state index in [0.717, 1.165) is 0 Å². The Morgan fingerprint density at radius 1 is 1.36 bits per heavy atom. The Morgan fingerprint density at radius 3 is 2.59 bits per heavy atom. The Labute approximate surface area is 129 Å². The number of nitriles is 1. The lowest BCUT2D eigenvalue weighted by atomic mass is 10.0. The van der Waals surface area contributed by atoms with Gasteiger partial charge in [0.05, 0.1) is 11.6 Å². The number of amides is 1. The number of hydrogen-bond acceptors (Lipinski definition) is 4. The van der Waals surface area contributed by atoms with Gasteiger partial charge in [-0.3, -0.25) is 4.79 Å². The van der Waals surface area contributed by atoms with Crippen LogP contribution in [0.4, 0.5) is 0 Å². The number of carboxylic acid groups (broad SMARTS) is 1. The summed E-state index contributed by atoms with van der Waals surface area (Å²) in [6.07, 6.45) is -0.917. The number of carboxylic acids is 1. The molecule has 0 aliphatic heterocycles. The second-order valence-electron chi connectivity index (χ2n) is 5.56. The van der Waals surface area contributed by atoms with Gasteiger partial charge in [-0.1, -0.05) is 26.0 Å². The Bertz CT molecular complexity index is 578. The predicted octanol–water partition coefficient (Wildman–Crippen LogP) is 1.08. The fourth-order valence-corrected chi connectivity index (χ4v) is 2.03. The number of hydrogen-bond donors (Lipinski definition) is 3. The van der Waals surface area contributed by atoms with Crippen molar-refractivity contribution in [2.45, 2.75) is 38.8 Å². The monoisotopic (exact) mass is 304 g/mol. The minimum Gasteiger partial charge on any atom is -0.480 e. The van der Waals surface area contributed by atoms with Crippen molar-refractivity contribution in [1.29, 1.82) is 5.26 Å². The van der Waals surface area contributed by atoms with Gasteiger partial charge >= 0.3 is 5.97 Å². The maximum Gasteiger partial charge on any atom is 0.326 e. The molecule has 6 nitrogen and oxygen atoms in total. The van der Waals surface area contributed by atoms with Crippen molar-refractivity contribution in [2.75, 3.05) is 0 Å². The van der Waals surface area contributed by atoms with Crippen molar-refractivity contribution in [3.8, 4) is 6.07 Å². The Balaban J connectivity index is 2.76. The van der Waals surface area contributed by atoms with Gasteiger partial charge in [0.25, 0.3) is 0 Å². The average Bonchev–Trinajstić information content (AvgIpc) is 2.45. The molecule has 118 valence electrons. The van der Waals surface area contributed by atoms with Crippen LogP contribution in [-0.2, 0) is 16.0 Å². The normalized spacial score (nSPS) is 13.2. The van der Waals surface area contributed by atoms with Crippen molar-refractivity contribution in [1.82, 2.24) is 5.32 Å². The summed E-state index contributed by atoms with van der Waals surface area (Å²) >= 11 is 0. The molecule has 6 heteroatoms. The molecule has 1 rings (SSSR count). The largest absolute Gasteiger partial charge is 0.480 e. The number of aliphatic hydroxyl groups excluding tert-OH is 1. The average molecular weight is 304 g/mol. The number of aliphatic hydroxyl groups is 1. The van der Waals surface area contributed by atoms with Gasteiger partial charge in [-0.05, 0) is 30.0 Å². The van der Waals surface area contributed by atoms with Gasteiger partial charge in [0.15, 0.2) is 0 Å². The van der Waals surface area contributed by atoms with Crippen molar-refractivity contribution < 1.29 is 19.8 Å². The Hall–Kier alpha value is -2.39. The van der Waals surface area contributed by atoms with E-state index >= 15 is 0 Å². The molecule has 0 spiro atoms. The van der Waals surface area contributed by atoms with Crippen molar-refractivity contribution in [3.63, 3.8) is 0 Å². The van der Waals surface area contributed by atoms with Gasteiger partial charge in [-0.25, -0.2) is 4.79 Å². The molecule has 0 saturated heterocycles. The molecule has 1 aromatic rings. The van der Waals surface area contributed by atoms with Crippen LogP contribution >= 0.6 is 0 Å². The van der Waals surface area contributed by atoms with E-state index in [-0.39, 0.29) is 18.8 Å². The van der Waals surface area contributed by atoms with Crippen LogP contribution in [0.2, 0.25) is 0 Å². The molecule has 0 heterocycles. The first-order valence-electron chi connectivity index (χ1n) is 7.03. The van der Waals surface area contributed by atoms with Gasteiger partial charge in [-0.2, -0.15) is 5.26 Å². The Morgan fingerprint density at radius 2 is 2.05 bits per heavy atom. The third-order valence-electron chi connectivity index (χ3n) is 3.11. The molecular formula is C16H20N2O4. The lowest BCUT2D eigenvalue weighted by Gasteiger charge is -2.18. The van der Waals surface area contributed by atoms with Crippen molar-refractivity contribution in [3.05, 3.63) is 35.4 Å². The maximum absolute atomic E-state index is 11.8. The highest BCUT2D eigenvalue weighted by Gasteiger charge is 2.24. The molecule has 3 N–H and O–H groups in total. The third kappa shape index (κ3) is 5.54. The van der Waals surface area contributed by atoms with Crippen LogP contribution in [0.1, 0.15) is 31.4 Å². The molecule has 0 fully saturated rings. The van der Waals surface area contributed by atoms with Crippen LogP contribution in [0.5, 0.6) is 0 Å². The van der Waals surface area contributed by atoms with Crippen LogP contribution < -0.4 is 5.32 Å². The minimum atomic E-state index is -1.23. The van der Waals surface area contributed by atoms with Gasteiger partial charge < -0.3 is 15.5 Å². The second kappa shape index (κ2) is 8.15. The summed E-state index contributed by atoms with van der Waals surface area (Å²) in [4.78, 5) is 23.1. The molecular weight excluding hydrogens is 284 g/mol. The number of nitrogens with one attached hydrogen (secondary N) is 1. The third-order valence-corrected chi connectivity index (χ3v) is 3.11. The number of benzene rings is 1. The van der Waals surface area contributed by atoms with Crippen LogP contribution in [0.25, 0.3) is 0 Å². The molecule has 0 aliphatic carbocycles. The van der Waals surface area contributed by atoms with Crippen molar-refractivity contribution in [2.24, 2.45) is 5.92 Å². The van der Waals surface area contributed by atoms with Gasteiger partial charge in [0.1, 0.15) is 12.1 Å². The zero-order chi connectivity index (χ0) is 16.7. The fourth-order valence-electron chi connectivity index (χ4n) is 2.03. The Kier molecular flexibility index (Phi) is 6.54. The van der Waals surface area contributed by atoms with Crippen LogP contribution in [0, 0.1) is 17.2 Å². The minimum absolute atomic E-state index is 0.0466. The number of carbonyl (C=O) groups excluding carboxylic acids is 1. The quantitative estimate of drug-likeness (QED) is 0.698. The number of carbonyl (C=O) groups is 2. The van der Waals surface area contributed by atoms with E-state index in [4.69, 9.17) is 5.26 Å². The van der Waals surface area contributed by atoms with E-state index in [2.05, 4.69) is 5.32 Å². The van der Waals surface area contributed by atoms with E-state index in [9.17, 15) is 19.8 Å². The van der Waals surface area contributed by atoms with Gasteiger partial charge in [0, 0.05) is 6.42 Å². The maximum atomic E-state index is 11.8. The lowest BCUT2D eigenvalue weighted by molar-refractivity contribution is -0.143. The zero-order valence-corrected chi connectivity index (χ0v) is 12.6. The summed E-state index contributed by atoms with van der Waals surface area (Å²) in [7, 11) is 0. The molecule has 1 amide bonds. The topological polar surface area (TPSA) is 110 Å². The molecule has 0 saturated carbocycles. The zero-order valence-electron chi connectivity index (χ0n) is 12.6. The molecule has 0 radical (unpaired) electrons. The van der Waals surface area contributed by atoms with Gasteiger partial charge in [0.2, 0.25) is 5.91 Å². The first kappa shape index (κ1) is 17.7. The van der Waals surface area contributed by atoms with Crippen LogP contribution in [0.3, 0.4) is 0 Å². The van der Waals surface area contributed by atoms with E-state index in [1.165, 1.54) is 0 Å². The highest BCUT2D eigenvalue weighted by atomic mass is 16.4. The SMILES string of the molecule is CC(C)C[C@@H](O)C(=O)N[C@H](Cc1cccc(C#N)c1)C(=O)O. The first-order valence-corrected chi connectivity index (χ1v) is 7.03. The number of rotatable bonds is 7. The second-order valence-corrected chi connectivity index (χ2v) is 5.56. The molecule has 0 aliphatic rings. The highest BCUT2D eigenvalue weighted by molar-refractivity contribution is 5.86. The number of aliphatic carboxylic acids is 1. The molecule has 2 atom stereocenters. The summed E-state index contributed by atoms with van der Waals surface area (Å²) in [5, 5.41) is 30.1. The van der Waals surface area contributed by atoms with E-state index in [0.29, 0.717) is 11.1 Å². The first-order chi connectivity index (χ1) is 10.3. The summed E-state index contributed by atoms with van der Waals surface area (Å²) in [6, 6.07) is 7.36. The predicted molar refractivity (Wildman–Crippen MR) is 79.9 cm³/mol. The van der Waals surface area contributed by atoms with Crippen LogP contribution in [-0.4, -0.2) is 34.2 Å². The van der Waals surface area contributed by atoms with Crippen molar-refractivity contribution >= 4 is 11.9 Å². The summed E-state index contributed by atoms with van der Waals surface area (Å²) in [6.45, 7) is 3.72. The fraction of sp³-hybridized carbons (Fsp3) is 0.438. The molecule has 1 aromatic carbocycles. The molecule has 0 bridgehead atoms. The molecule has 0 aromatic heterocycles.